The van der Waals surface area contributed by atoms with Crippen LogP contribution in [-0.2, 0) is 0 Å². The number of rotatable bonds is 6. The van der Waals surface area contributed by atoms with Gasteiger partial charge in [0.05, 0.1) is 19.3 Å². The van der Waals surface area contributed by atoms with Crippen molar-refractivity contribution >= 4 is 5.69 Å². The lowest BCUT2D eigenvalue weighted by Crippen LogP contribution is -2.23. The molecular weight excluding hydrogens is 278 g/mol. The molecule has 0 aromatic carbocycles. The van der Waals surface area contributed by atoms with Gasteiger partial charge in [0, 0.05) is 25.0 Å². The van der Waals surface area contributed by atoms with Gasteiger partial charge >= 0.3 is 0 Å². The van der Waals surface area contributed by atoms with Crippen molar-refractivity contribution in [3.05, 3.63) is 42.6 Å². The van der Waals surface area contributed by atoms with E-state index in [-0.39, 0.29) is 0 Å². The summed E-state index contributed by atoms with van der Waals surface area (Å²) in [5.41, 5.74) is 0.888. The summed E-state index contributed by atoms with van der Waals surface area (Å²) in [6, 6.07) is 1.88. The van der Waals surface area contributed by atoms with Gasteiger partial charge in [-0.1, -0.05) is 0 Å². The summed E-state index contributed by atoms with van der Waals surface area (Å²) in [6.45, 7) is 4.71. The lowest BCUT2D eigenvalue weighted by Gasteiger charge is -2.24. The minimum atomic E-state index is 0.339. The molecule has 0 aliphatic carbocycles. The maximum atomic E-state index is 9.67. The summed E-state index contributed by atoms with van der Waals surface area (Å²) >= 11 is 0. The molecule has 3 heterocycles. The molecule has 118 valence electrons. The standard InChI is InChI=1S/C17H23N3O2/c21-15-5-3-11-20(14-15)16-13-18-7-6-17(16)22-12-4-10-19-8-1-2-9-19/h3,5-7,11,13,21H,1-2,4,8-10,12,14H2. The molecule has 0 amide bonds. The topological polar surface area (TPSA) is 48.8 Å². The molecule has 5 heteroatoms. The Morgan fingerprint density at radius 3 is 2.95 bits per heavy atom. The van der Waals surface area contributed by atoms with Crippen molar-refractivity contribution in [2.24, 2.45) is 0 Å². The number of likely N-dealkylation sites (tertiary alicyclic amines) is 1. The van der Waals surface area contributed by atoms with Gasteiger partial charge in [-0.05, 0) is 44.5 Å². The highest BCUT2D eigenvalue weighted by atomic mass is 16.5. The number of anilines is 1. The molecule has 1 fully saturated rings. The summed E-state index contributed by atoms with van der Waals surface area (Å²) in [4.78, 5) is 8.61. The van der Waals surface area contributed by atoms with Crippen molar-refractivity contribution in [3.8, 4) is 5.75 Å². The summed E-state index contributed by atoms with van der Waals surface area (Å²) in [7, 11) is 0. The van der Waals surface area contributed by atoms with E-state index in [1.165, 1.54) is 25.9 Å². The zero-order valence-electron chi connectivity index (χ0n) is 12.8. The van der Waals surface area contributed by atoms with E-state index >= 15 is 0 Å². The predicted octanol–water partition coefficient (Wildman–Crippen LogP) is 2.72. The number of allylic oxidation sites excluding steroid dienone is 2. The number of nitrogens with zero attached hydrogens (tertiary/aromatic N) is 3. The smallest absolute Gasteiger partial charge is 0.146 e. The van der Waals surface area contributed by atoms with Gasteiger partial charge in [-0.15, -0.1) is 0 Å². The third-order valence-corrected chi connectivity index (χ3v) is 4.03. The zero-order valence-corrected chi connectivity index (χ0v) is 12.8. The van der Waals surface area contributed by atoms with Crippen LogP contribution in [0.2, 0.25) is 0 Å². The molecule has 0 spiro atoms. The van der Waals surface area contributed by atoms with Crippen molar-refractivity contribution in [2.45, 2.75) is 19.3 Å². The molecule has 1 aromatic rings. The van der Waals surface area contributed by atoms with Crippen LogP contribution in [0.1, 0.15) is 19.3 Å². The van der Waals surface area contributed by atoms with Crippen molar-refractivity contribution in [1.82, 2.24) is 9.88 Å². The Morgan fingerprint density at radius 1 is 1.27 bits per heavy atom. The van der Waals surface area contributed by atoms with Crippen LogP contribution in [0.5, 0.6) is 5.75 Å². The van der Waals surface area contributed by atoms with Crippen LogP contribution >= 0.6 is 0 Å². The number of hydrogen-bond acceptors (Lipinski definition) is 5. The van der Waals surface area contributed by atoms with Crippen molar-refractivity contribution in [1.29, 1.82) is 0 Å². The normalized spacial score (nSPS) is 18.5. The van der Waals surface area contributed by atoms with E-state index in [1.54, 1.807) is 18.5 Å². The lowest BCUT2D eigenvalue weighted by atomic mass is 10.2. The van der Waals surface area contributed by atoms with E-state index in [0.717, 1.165) is 24.4 Å². The molecule has 1 saturated heterocycles. The van der Waals surface area contributed by atoms with Crippen LogP contribution in [0.25, 0.3) is 0 Å². The van der Waals surface area contributed by atoms with E-state index in [9.17, 15) is 5.11 Å². The Bertz CT molecular complexity index is 551. The van der Waals surface area contributed by atoms with Crippen LogP contribution in [0, 0.1) is 0 Å². The molecule has 0 atom stereocenters. The first-order valence-corrected chi connectivity index (χ1v) is 7.95. The van der Waals surface area contributed by atoms with Gasteiger partial charge in [0.2, 0.25) is 0 Å². The number of ether oxygens (including phenoxy) is 1. The van der Waals surface area contributed by atoms with Gasteiger partial charge < -0.3 is 19.6 Å². The highest BCUT2D eigenvalue weighted by Gasteiger charge is 2.14. The molecule has 2 aliphatic rings. The molecule has 1 aromatic heterocycles. The summed E-state index contributed by atoms with van der Waals surface area (Å²) < 4.78 is 5.94. The number of aliphatic hydroxyl groups excluding tert-OH is 1. The van der Waals surface area contributed by atoms with Gasteiger partial charge in [0.1, 0.15) is 17.2 Å². The van der Waals surface area contributed by atoms with Gasteiger partial charge in [-0.25, -0.2) is 0 Å². The zero-order chi connectivity index (χ0) is 15.2. The minimum absolute atomic E-state index is 0.339. The molecule has 0 bridgehead atoms. The van der Waals surface area contributed by atoms with Gasteiger partial charge in [0.15, 0.2) is 0 Å². The maximum Gasteiger partial charge on any atom is 0.146 e. The van der Waals surface area contributed by atoms with Crippen LogP contribution in [0.3, 0.4) is 0 Å². The van der Waals surface area contributed by atoms with E-state index in [2.05, 4.69) is 9.88 Å². The Balaban J connectivity index is 1.54. The highest BCUT2D eigenvalue weighted by molar-refractivity contribution is 5.60. The first kappa shape index (κ1) is 14.9. The molecule has 3 rings (SSSR count). The van der Waals surface area contributed by atoms with Crippen LogP contribution in [0.15, 0.2) is 42.6 Å². The molecule has 2 aliphatic heterocycles. The number of aliphatic hydroxyl groups is 1. The quantitative estimate of drug-likeness (QED) is 0.819. The Labute approximate surface area is 131 Å². The van der Waals surface area contributed by atoms with Crippen molar-refractivity contribution < 1.29 is 9.84 Å². The predicted molar refractivity (Wildman–Crippen MR) is 87.2 cm³/mol. The van der Waals surface area contributed by atoms with E-state index in [0.29, 0.717) is 18.9 Å². The van der Waals surface area contributed by atoms with Gasteiger partial charge in [0.25, 0.3) is 0 Å². The fraction of sp³-hybridized carbons (Fsp3) is 0.471. The number of pyridine rings is 1. The highest BCUT2D eigenvalue weighted by Crippen LogP contribution is 2.28. The molecule has 5 nitrogen and oxygen atoms in total. The minimum Gasteiger partial charge on any atom is -0.510 e. The molecule has 1 N–H and O–H groups in total. The second-order valence-electron chi connectivity index (χ2n) is 5.72. The second-order valence-corrected chi connectivity index (χ2v) is 5.72. The largest absolute Gasteiger partial charge is 0.510 e. The van der Waals surface area contributed by atoms with Crippen LogP contribution in [-0.4, -0.2) is 47.8 Å². The van der Waals surface area contributed by atoms with Crippen molar-refractivity contribution in [2.75, 3.05) is 37.7 Å². The SMILES string of the molecule is OC1=CC=CN(c2cnccc2OCCCN2CCCC2)C1. The Morgan fingerprint density at radius 2 is 2.14 bits per heavy atom. The van der Waals surface area contributed by atoms with Crippen molar-refractivity contribution in [3.63, 3.8) is 0 Å². The average molecular weight is 301 g/mol. The third-order valence-electron chi connectivity index (χ3n) is 4.03. The van der Waals surface area contributed by atoms with Crippen LogP contribution < -0.4 is 9.64 Å². The monoisotopic (exact) mass is 301 g/mol. The van der Waals surface area contributed by atoms with Gasteiger partial charge in [-0.3, -0.25) is 4.98 Å². The molecule has 0 radical (unpaired) electrons. The first-order chi connectivity index (χ1) is 10.8. The average Bonchev–Trinajstić information content (AvgIpc) is 3.05. The number of hydrogen-bond donors (Lipinski definition) is 1. The fourth-order valence-electron chi connectivity index (χ4n) is 2.89. The fourth-order valence-corrected chi connectivity index (χ4v) is 2.89. The van der Waals surface area contributed by atoms with E-state index in [1.807, 2.05) is 23.2 Å². The van der Waals surface area contributed by atoms with Gasteiger partial charge in [-0.2, -0.15) is 0 Å². The molecular formula is C17H23N3O2. The Hall–Kier alpha value is -2.01. The number of aromatic nitrogens is 1. The van der Waals surface area contributed by atoms with E-state index < -0.39 is 0 Å². The summed E-state index contributed by atoms with van der Waals surface area (Å²) in [5.74, 6) is 1.15. The summed E-state index contributed by atoms with van der Waals surface area (Å²) in [5, 5.41) is 9.67. The molecule has 22 heavy (non-hydrogen) atoms. The van der Waals surface area contributed by atoms with E-state index in [4.69, 9.17) is 4.74 Å². The molecule has 0 unspecified atom stereocenters. The second kappa shape index (κ2) is 7.31. The summed E-state index contributed by atoms with van der Waals surface area (Å²) in [6.07, 6.45) is 12.6. The first-order valence-electron chi connectivity index (χ1n) is 7.95. The maximum absolute atomic E-state index is 9.67. The molecule has 0 saturated carbocycles. The Kier molecular flexibility index (Phi) is 4.96. The lowest BCUT2D eigenvalue weighted by molar-refractivity contribution is 0.263. The van der Waals surface area contributed by atoms with Crippen LogP contribution in [0.4, 0.5) is 5.69 Å². The third kappa shape index (κ3) is 3.80.